The lowest BCUT2D eigenvalue weighted by Crippen LogP contribution is -2.38. The Morgan fingerprint density at radius 1 is 1.14 bits per heavy atom. The molecule has 29 heavy (non-hydrogen) atoms. The summed E-state index contributed by atoms with van der Waals surface area (Å²) in [6.07, 6.45) is 10.8. The molecule has 0 unspecified atom stereocenters. The van der Waals surface area contributed by atoms with Crippen LogP contribution in [0.1, 0.15) is 31.2 Å². The van der Waals surface area contributed by atoms with Gasteiger partial charge in [-0.05, 0) is 49.8 Å². The third-order valence-electron chi connectivity index (χ3n) is 6.16. The molecule has 2 aliphatic rings. The summed E-state index contributed by atoms with van der Waals surface area (Å²) < 4.78 is 10.4. The number of fused-ring (bicyclic) bond motifs is 1. The Bertz CT molecular complexity index is 1060. The van der Waals surface area contributed by atoms with Crippen LogP contribution in [-0.2, 0) is 20.1 Å². The highest BCUT2D eigenvalue weighted by Gasteiger charge is 2.24. The lowest BCUT2D eigenvalue weighted by Gasteiger charge is -2.32. The summed E-state index contributed by atoms with van der Waals surface area (Å²) in [6.45, 7) is 3.94. The van der Waals surface area contributed by atoms with Crippen molar-refractivity contribution < 1.29 is 4.74 Å². The van der Waals surface area contributed by atoms with E-state index in [1.807, 2.05) is 6.20 Å². The number of ether oxygens (including phenoxy) is 1. The van der Waals surface area contributed by atoms with E-state index < -0.39 is 0 Å². The lowest BCUT2D eigenvalue weighted by atomic mass is 10.1. The molecule has 6 heteroatoms. The molecule has 2 aromatic heterocycles. The van der Waals surface area contributed by atoms with E-state index >= 15 is 0 Å². The molecule has 0 N–H and O–H groups in total. The van der Waals surface area contributed by atoms with Crippen LogP contribution >= 0.6 is 0 Å². The highest BCUT2D eigenvalue weighted by molar-refractivity contribution is 5.86. The Labute approximate surface area is 170 Å². The van der Waals surface area contributed by atoms with Crippen LogP contribution in [0.15, 0.2) is 47.7 Å². The normalized spacial score (nSPS) is 18.4. The largest absolute Gasteiger partial charge is 0.490 e. The first kappa shape index (κ1) is 18.4. The van der Waals surface area contributed by atoms with Crippen LogP contribution in [-0.4, -0.2) is 38.2 Å². The number of hydrogen-bond acceptors (Lipinski definition) is 4. The first-order valence-corrected chi connectivity index (χ1v) is 10.6. The third-order valence-corrected chi connectivity index (χ3v) is 6.16. The van der Waals surface area contributed by atoms with Gasteiger partial charge in [0, 0.05) is 62.8 Å². The van der Waals surface area contributed by atoms with Crippen molar-refractivity contribution in [2.45, 2.75) is 44.9 Å². The van der Waals surface area contributed by atoms with Crippen LogP contribution < -0.4 is 10.4 Å². The first-order valence-electron chi connectivity index (χ1n) is 10.6. The molecule has 0 radical (unpaired) electrons. The minimum absolute atomic E-state index is 0.207. The SMILES string of the molecule is Cn1cc(CN2CCC(Oc3cccc4c3ccn4CC3CC3)CC2)cnc1=O. The van der Waals surface area contributed by atoms with E-state index in [-0.39, 0.29) is 11.8 Å². The highest BCUT2D eigenvalue weighted by Crippen LogP contribution is 2.34. The van der Waals surface area contributed by atoms with Crippen molar-refractivity contribution in [1.29, 1.82) is 0 Å². The molecule has 0 spiro atoms. The molecule has 2 fully saturated rings. The fourth-order valence-corrected chi connectivity index (χ4v) is 4.31. The standard InChI is InChI=1S/C23H28N4O2/c1-25-14-18(13-24-23(25)28)15-26-10-7-19(8-11-26)29-22-4-2-3-21-20(22)9-12-27(21)16-17-5-6-17/h2-4,9,12-14,17,19H,5-8,10-11,15-16H2,1H3. The molecule has 1 aromatic carbocycles. The van der Waals surface area contributed by atoms with Crippen molar-refractivity contribution in [2.75, 3.05) is 13.1 Å². The minimum atomic E-state index is -0.207. The zero-order valence-corrected chi connectivity index (χ0v) is 17.0. The predicted molar refractivity (Wildman–Crippen MR) is 113 cm³/mol. The second-order valence-electron chi connectivity index (χ2n) is 8.55. The van der Waals surface area contributed by atoms with Gasteiger partial charge in [0.1, 0.15) is 11.9 Å². The third kappa shape index (κ3) is 4.08. The number of likely N-dealkylation sites (tertiary alicyclic amines) is 1. The summed E-state index contributed by atoms with van der Waals surface area (Å²) in [5, 5.41) is 1.23. The Morgan fingerprint density at radius 3 is 2.72 bits per heavy atom. The molecule has 5 rings (SSSR count). The maximum absolute atomic E-state index is 11.5. The minimum Gasteiger partial charge on any atom is -0.490 e. The average molecular weight is 393 g/mol. The Hall–Kier alpha value is -2.60. The van der Waals surface area contributed by atoms with E-state index in [9.17, 15) is 4.79 Å². The predicted octanol–water partition coefficient (Wildman–Crippen LogP) is 3.19. The molecular weight excluding hydrogens is 364 g/mol. The number of rotatable bonds is 6. The van der Waals surface area contributed by atoms with Crippen LogP contribution in [0.2, 0.25) is 0 Å². The van der Waals surface area contributed by atoms with E-state index in [4.69, 9.17) is 4.74 Å². The number of aryl methyl sites for hydroxylation is 1. The molecule has 1 aliphatic heterocycles. The summed E-state index contributed by atoms with van der Waals surface area (Å²) in [5.74, 6) is 1.87. The van der Waals surface area contributed by atoms with Gasteiger partial charge >= 0.3 is 5.69 Å². The quantitative estimate of drug-likeness (QED) is 0.647. The van der Waals surface area contributed by atoms with Crippen LogP contribution in [0.4, 0.5) is 0 Å². The van der Waals surface area contributed by atoms with Gasteiger partial charge in [-0.2, -0.15) is 0 Å². The van der Waals surface area contributed by atoms with Crippen LogP contribution in [0.5, 0.6) is 5.75 Å². The highest BCUT2D eigenvalue weighted by atomic mass is 16.5. The molecule has 0 amide bonds. The van der Waals surface area contributed by atoms with Crippen molar-refractivity contribution in [3.05, 3.63) is 58.9 Å². The number of hydrogen-bond donors (Lipinski definition) is 0. The number of nitrogens with zero attached hydrogens (tertiary/aromatic N) is 4. The summed E-state index contributed by atoms with van der Waals surface area (Å²) in [5.41, 5.74) is 2.16. The molecule has 3 aromatic rings. The van der Waals surface area contributed by atoms with E-state index in [2.05, 4.69) is 44.9 Å². The van der Waals surface area contributed by atoms with Crippen molar-refractivity contribution in [1.82, 2.24) is 19.0 Å². The van der Waals surface area contributed by atoms with Crippen LogP contribution in [0, 0.1) is 5.92 Å². The molecule has 1 saturated heterocycles. The summed E-state index contributed by atoms with van der Waals surface area (Å²) in [4.78, 5) is 17.8. The summed E-state index contributed by atoms with van der Waals surface area (Å²) in [6, 6.07) is 8.62. The van der Waals surface area contributed by atoms with Crippen molar-refractivity contribution in [2.24, 2.45) is 13.0 Å². The zero-order valence-electron chi connectivity index (χ0n) is 17.0. The molecular formula is C23H28N4O2. The summed E-state index contributed by atoms with van der Waals surface area (Å²) in [7, 11) is 1.75. The number of benzene rings is 1. The summed E-state index contributed by atoms with van der Waals surface area (Å²) >= 11 is 0. The maximum Gasteiger partial charge on any atom is 0.347 e. The monoisotopic (exact) mass is 392 g/mol. The van der Waals surface area contributed by atoms with Crippen LogP contribution in [0.25, 0.3) is 10.9 Å². The molecule has 152 valence electrons. The van der Waals surface area contributed by atoms with Gasteiger partial charge in [0.2, 0.25) is 0 Å². The van der Waals surface area contributed by atoms with E-state index in [0.717, 1.165) is 56.3 Å². The zero-order chi connectivity index (χ0) is 19.8. The van der Waals surface area contributed by atoms with Crippen LogP contribution in [0.3, 0.4) is 0 Å². The lowest BCUT2D eigenvalue weighted by molar-refractivity contribution is 0.0978. The Kier molecular flexibility index (Phi) is 4.87. The van der Waals surface area contributed by atoms with Crippen molar-refractivity contribution >= 4 is 10.9 Å². The first-order chi connectivity index (χ1) is 14.2. The van der Waals surface area contributed by atoms with Gasteiger partial charge in [-0.25, -0.2) is 9.78 Å². The number of piperidine rings is 1. The van der Waals surface area contributed by atoms with Crippen molar-refractivity contribution in [3.8, 4) is 5.75 Å². The molecule has 6 nitrogen and oxygen atoms in total. The smallest absolute Gasteiger partial charge is 0.347 e. The molecule has 0 bridgehead atoms. The Morgan fingerprint density at radius 2 is 1.97 bits per heavy atom. The average Bonchev–Trinajstić information content (AvgIpc) is 3.45. The molecule has 3 heterocycles. The maximum atomic E-state index is 11.5. The van der Waals surface area contributed by atoms with E-state index in [1.165, 1.54) is 23.7 Å². The Balaban J connectivity index is 1.21. The fraction of sp³-hybridized carbons (Fsp3) is 0.478. The van der Waals surface area contributed by atoms with Gasteiger partial charge in [0.25, 0.3) is 0 Å². The fourth-order valence-electron chi connectivity index (χ4n) is 4.31. The van der Waals surface area contributed by atoms with Gasteiger partial charge in [-0.3, -0.25) is 4.90 Å². The number of aromatic nitrogens is 3. The van der Waals surface area contributed by atoms with E-state index in [1.54, 1.807) is 17.8 Å². The van der Waals surface area contributed by atoms with Gasteiger partial charge in [-0.1, -0.05) is 6.07 Å². The molecule has 0 atom stereocenters. The molecule has 1 aliphatic carbocycles. The van der Waals surface area contributed by atoms with E-state index in [0.29, 0.717) is 0 Å². The second kappa shape index (κ2) is 7.67. The topological polar surface area (TPSA) is 52.3 Å². The van der Waals surface area contributed by atoms with Crippen molar-refractivity contribution in [3.63, 3.8) is 0 Å². The molecule has 1 saturated carbocycles. The van der Waals surface area contributed by atoms with Gasteiger partial charge in [0.15, 0.2) is 0 Å². The van der Waals surface area contributed by atoms with Gasteiger partial charge < -0.3 is 13.9 Å². The van der Waals surface area contributed by atoms with Gasteiger partial charge in [-0.15, -0.1) is 0 Å². The van der Waals surface area contributed by atoms with Gasteiger partial charge in [0.05, 0.1) is 5.52 Å². The second-order valence-corrected chi connectivity index (χ2v) is 8.55.